The van der Waals surface area contributed by atoms with Gasteiger partial charge in [-0.3, -0.25) is 9.59 Å². The summed E-state index contributed by atoms with van der Waals surface area (Å²) >= 11 is 0. The Morgan fingerprint density at radius 2 is 1.22 bits per heavy atom. The van der Waals surface area contributed by atoms with Crippen molar-refractivity contribution in [3.8, 4) is 11.5 Å². The molecule has 4 heteroatoms. The Morgan fingerprint density at radius 3 is 1.67 bits per heavy atom. The number of carbonyl (C=O) groups excluding carboxylic acids is 2. The van der Waals surface area contributed by atoms with Crippen molar-refractivity contribution in [2.24, 2.45) is 0 Å². The van der Waals surface area contributed by atoms with E-state index in [1.807, 2.05) is 0 Å². The second-order valence-corrected chi connectivity index (χ2v) is 3.61. The van der Waals surface area contributed by atoms with Gasteiger partial charge in [-0.05, 0) is 12.1 Å². The number of aromatic hydroxyl groups is 2. The van der Waals surface area contributed by atoms with Crippen molar-refractivity contribution >= 4 is 11.6 Å². The lowest BCUT2D eigenvalue weighted by molar-refractivity contribution is 0.0974. The van der Waals surface area contributed by atoms with E-state index < -0.39 is 81.6 Å². The van der Waals surface area contributed by atoms with Gasteiger partial charge in [0.05, 0.1) is 19.4 Å². The number of hydrogen-bond donors (Lipinski definition) is 2. The van der Waals surface area contributed by atoms with Gasteiger partial charge in [-0.2, -0.15) is 0 Å². The molecule has 3 rings (SSSR count). The molecule has 2 N–H and O–H groups in total. The second-order valence-electron chi connectivity index (χ2n) is 3.61. The van der Waals surface area contributed by atoms with Crippen LogP contribution in [0.4, 0.5) is 0 Å². The molecule has 0 amide bonds. The van der Waals surface area contributed by atoms with Crippen molar-refractivity contribution in [3.63, 3.8) is 0 Å². The summed E-state index contributed by atoms with van der Waals surface area (Å²) in [6.07, 6.45) is 0. The third-order valence-electron chi connectivity index (χ3n) is 2.62. The van der Waals surface area contributed by atoms with Crippen LogP contribution in [0.3, 0.4) is 0 Å². The molecular weight excluding hydrogens is 232 g/mol. The van der Waals surface area contributed by atoms with Gasteiger partial charge in [0, 0.05) is 11.1 Å². The van der Waals surface area contributed by atoms with Gasteiger partial charge >= 0.3 is 0 Å². The molecule has 1 aliphatic carbocycles. The van der Waals surface area contributed by atoms with Crippen LogP contribution in [-0.4, -0.2) is 21.8 Å². The molecule has 0 aliphatic heterocycles. The van der Waals surface area contributed by atoms with Crippen LogP contribution in [0.2, 0.25) is 0 Å². The van der Waals surface area contributed by atoms with E-state index in [0.717, 1.165) is 0 Å². The van der Waals surface area contributed by atoms with Gasteiger partial charge < -0.3 is 10.2 Å². The molecule has 0 fully saturated rings. The Hall–Kier alpha value is -2.62. The van der Waals surface area contributed by atoms with E-state index in [1.165, 1.54) is 0 Å². The fourth-order valence-electron chi connectivity index (χ4n) is 1.83. The molecule has 0 radical (unpaired) electrons. The SMILES string of the molecule is [2H]c1c([2H])c(O)c2c(c1[2H])C(=O)c1c([2H])c([2H])c([2H])c(O)c1C2=O. The highest BCUT2D eigenvalue weighted by Gasteiger charge is 2.33. The first-order valence-corrected chi connectivity index (χ1v) is 4.86. The van der Waals surface area contributed by atoms with Crippen LogP contribution in [0, 0.1) is 0 Å². The molecule has 18 heavy (non-hydrogen) atoms. The summed E-state index contributed by atoms with van der Waals surface area (Å²) in [5.74, 6) is -4.20. The number of ketones is 2. The van der Waals surface area contributed by atoms with Crippen LogP contribution in [0.1, 0.15) is 40.1 Å². The molecule has 0 unspecified atom stereocenters. The van der Waals surface area contributed by atoms with Gasteiger partial charge in [-0.1, -0.05) is 24.2 Å². The molecule has 1 aliphatic rings. The zero-order valence-electron chi connectivity index (χ0n) is 14.7. The maximum absolute atomic E-state index is 12.6. The Kier molecular flexibility index (Phi) is 1.11. The average Bonchev–Trinajstić information content (AvgIpc) is 2.55. The molecule has 2 aromatic carbocycles. The molecule has 0 spiro atoms. The average molecular weight is 246 g/mol. The first kappa shape index (κ1) is 5.82. The monoisotopic (exact) mass is 246 g/mol. The summed E-state index contributed by atoms with van der Waals surface area (Å²) in [5, 5.41) is 19.9. The molecule has 0 bridgehead atoms. The summed E-state index contributed by atoms with van der Waals surface area (Å²) in [6.45, 7) is 0. The van der Waals surface area contributed by atoms with Crippen molar-refractivity contribution in [1.82, 2.24) is 0 Å². The Labute approximate surface area is 111 Å². The number of phenols is 2. The molecule has 0 heterocycles. The maximum atomic E-state index is 12.6. The van der Waals surface area contributed by atoms with E-state index >= 15 is 0 Å². The van der Waals surface area contributed by atoms with Gasteiger partial charge in [0.25, 0.3) is 0 Å². The van der Waals surface area contributed by atoms with Crippen molar-refractivity contribution in [2.75, 3.05) is 0 Å². The minimum Gasteiger partial charge on any atom is -0.507 e. The number of carbonyl (C=O) groups is 2. The van der Waals surface area contributed by atoms with Crippen LogP contribution in [0.25, 0.3) is 0 Å². The summed E-state index contributed by atoms with van der Waals surface area (Å²) in [6, 6.07) is -4.71. The van der Waals surface area contributed by atoms with Crippen molar-refractivity contribution in [2.45, 2.75) is 0 Å². The Morgan fingerprint density at radius 1 is 0.778 bits per heavy atom. The highest BCUT2D eigenvalue weighted by molar-refractivity contribution is 6.30. The fraction of sp³-hybridized carbons (Fsp3) is 0. The lowest BCUT2D eigenvalue weighted by atomic mass is 9.83. The van der Waals surface area contributed by atoms with Crippen LogP contribution in [-0.2, 0) is 0 Å². The van der Waals surface area contributed by atoms with Crippen LogP contribution in [0.5, 0.6) is 11.5 Å². The zero-order chi connectivity index (χ0) is 18.1. The zero-order valence-corrected chi connectivity index (χ0v) is 8.71. The molecule has 4 nitrogen and oxygen atoms in total. The highest BCUT2D eigenvalue weighted by Crippen LogP contribution is 2.35. The van der Waals surface area contributed by atoms with Gasteiger partial charge in [-0.15, -0.1) is 0 Å². The van der Waals surface area contributed by atoms with Crippen molar-refractivity contribution < 1.29 is 28.0 Å². The number of hydrogen-bond acceptors (Lipinski definition) is 4. The Balaban J connectivity index is 2.53. The van der Waals surface area contributed by atoms with Gasteiger partial charge in [-0.25, -0.2) is 0 Å². The minimum atomic E-state index is -1.14. The van der Waals surface area contributed by atoms with Crippen molar-refractivity contribution in [1.29, 1.82) is 0 Å². The van der Waals surface area contributed by atoms with Crippen LogP contribution < -0.4 is 0 Å². The summed E-state index contributed by atoms with van der Waals surface area (Å²) in [4.78, 5) is 25.2. The van der Waals surface area contributed by atoms with Gasteiger partial charge in [0.2, 0.25) is 5.78 Å². The summed E-state index contributed by atoms with van der Waals surface area (Å²) in [5.41, 5.74) is -2.75. The van der Waals surface area contributed by atoms with E-state index in [2.05, 4.69) is 0 Å². The largest absolute Gasteiger partial charge is 0.507 e. The third kappa shape index (κ3) is 1.20. The summed E-state index contributed by atoms with van der Waals surface area (Å²) < 4.78 is 45.8. The molecule has 2 aromatic rings. The molecule has 0 atom stereocenters. The first-order chi connectivity index (χ1) is 11.1. The van der Waals surface area contributed by atoms with E-state index in [-0.39, 0.29) is 0 Å². The van der Waals surface area contributed by atoms with E-state index in [9.17, 15) is 19.8 Å². The van der Waals surface area contributed by atoms with Gasteiger partial charge in [0.1, 0.15) is 11.5 Å². The number of rotatable bonds is 0. The number of fused-ring (bicyclic) bond motifs is 2. The molecular formula is C14H8O4. The number of phenolic OH excluding ortho intramolecular Hbond substituents is 2. The predicted molar refractivity (Wildman–Crippen MR) is 63.1 cm³/mol. The first-order valence-electron chi connectivity index (χ1n) is 7.86. The third-order valence-corrected chi connectivity index (χ3v) is 2.62. The van der Waals surface area contributed by atoms with Crippen LogP contribution >= 0.6 is 0 Å². The highest BCUT2D eigenvalue weighted by atomic mass is 16.3. The minimum absolute atomic E-state index is 0.656. The van der Waals surface area contributed by atoms with Crippen LogP contribution in [0.15, 0.2) is 36.3 Å². The fourth-order valence-corrected chi connectivity index (χ4v) is 1.83. The van der Waals surface area contributed by atoms with Crippen molar-refractivity contribution in [3.05, 3.63) is 58.5 Å². The molecule has 88 valence electrons. The lowest BCUT2D eigenvalue weighted by Crippen LogP contribution is -2.20. The van der Waals surface area contributed by atoms with E-state index in [0.29, 0.717) is 0 Å². The number of benzene rings is 2. The topological polar surface area (TPSA) is 74.6 Å². The Bertz CT molecular complexity index is 829. The lowest BCUT2D eigenvalue weighted by Gasteiger charge is -2.18. The second kappa shape index (κ2) is 3.43. The molecule has 0 saturated carbocycles. The normalized spacial score (nSPS) is 17.8. The van der Waals surface area contributed by atoms with E-state index in [4.69, 9.17) is 8.22 Å². The summed E-state index contributed by atoms with van der Waals surface area (Å²) in [7, 11) is 0. The quantitative estimate of drug-likeness (QED) is 0.635. The van der Waals surface area contributed by atoms with E-state index in [1.54, 1.807) is 0 Å². The maximum Gasteiger partial charge on any atom is 0.201 e. The predicted octanol–water partition coefficient (Wildman–Crippen LogP) is 1.87. The standard InChI is InChI=1S/C14H8O4/c15-9-5-1-3-7-11(9)14(18)12-8(13(7)17)4-2-6-10(12)16/h1-6,15-16H/i1D,2D,3D,4D,5D,6D. The smallest absolute Gasteiger partial charge is 0.201 e. The molecule has 0 aromatic heterocycles. The van der Waals surface area contributed by atoms with Gasteiger partial charge in [0.15, 0.2) is 5.78 Å². The molecule has 0 saturated heterocycles.